The van der Waals surface area contributed by atoms with E-state index in [2.05, 4.69) is 15.1 Å². The van der Waals surface area contributed by atoms with Crippen LogP contribution in [0.1, 0.15) is 41.0 Å². The van der Waals surface area contributed by atoms with E-state index in [0.717, 1.165) is 16.8 Å². The van der Waals surface area contributed by atoms with E-state index < -0.39 is 5.67 Å². The van der Waals surface area contributed by atoms with Gasteiger partial charge in [-0.25, -0.2) is 13.9 Å². The first-order chi connectivity index (χ1) is 13.9. The lowest BCUT2D eigenvalue weighted by Crippen LogP contribution is -2.49. The SMILES string of the molecule is Cc1cc([C@@H]2CN(C(=O)c3ccc4occc4c3)CC(C)(F)C2)n2ncnc2n1. The number of furan rings is 1. The number of hydrogen-bond acceptors (Lipinski definition) is 5. The minimum atomic E-state index is -1.51. The Labute approximate surface area is 166 Å². The van der Waals surface area contributed by atoms with Gasteiger partial charge in [0, 0.05) is 29.1 Å². The number of hydrogen-bond donors (Lipinski definition) is 0. The van der Waals surface area contributed by atoms with Crippen LogP contribution < -0.4 is 0 Å². The van der Waals surface area contributed by atoms with Gasteiger partial charge in [0.1, 0.15) is 17.6 Å². The lowest BCUT2D eigenvalue weighted by molar-refractivity contribution is 0.0342. The van der Waals surface area contributed by atoms with E-state index >= 15 is 4.39 Å². The van der Waals surface area contributed by atoms with Crippen molar-refractivity contribution in [3.05, 3.63) is 59.9 Å². The molecule has 0 saturated carbocycles. The fourth-order valence-electron chi connectivity index (χ4n) is 4.26. The molecule has 148 valence electrons. The smallest absolute Gasteiger partial charge is 0.254 e. The van der Waals surface area contributed by atoms with Gasteiger partial charge < -0.3 is 9.32 Å². The van der Waals surface area contributed by atoms with Crippen molar-refractivity contribution in [2.45, 2.75) is 31.9 Å². The standard InChI is InChI=1S/C21H20FN5O2/c1-13-7-17(27-20(25-13)23-12-24-27)16-9-21(2,22)11-26(10-16)19(28)15-3-4-18-14(8-15)5-6-29-18/h3-8,12,16H,9-11H2,1-2H3/t16-,21?/m0/s1. The Bertz CT molecular complexity index is 1230. The number of rotatable bonds is 2. The van der Waals surface area contributed by atoms with Gasteiger partial charge in [0.25, 0.3) is 11.7 Å². The second-order valence-corrected chi connectivity index (χ2v) is 7.97. The van der Waals surface area contributed by atoms with Crippen molar-refractivity contribution in [2.75, 3.05) is 13.1 Å². The van der Waals surface area contributed by atoms with Crippen molar-refractivity contribution >= 4 is 22.7 Å². The summed E-state index contributed by atoms with van der Waals surface area (Å²) in [5.74, 6) is 0.0722. The van der Waals surface area contributed by atoms with Crippen LogP contribution in [0, 0.1) is 6.92 Å². The number of amides is 1. The Hall–Kier alpha value is -3.29. The highest BCUT2D eigenvalue weighted by Gasteiger charge is 2.40. The molecule has 0 spiro atoms. The van der Waals surface area contributed by atoms with E-state index in [1.54, 1.807) is 40.8 Å². The van der Waals surface area contributed by atoms with Gasteiger partial charge in [-0.3, -0.25) is 4.79 Å². The molecule has 0 radical (unpaired) electrons. The third-order valence-electron chi connectivity index (χ3n) is 5.45. The van der Waals surface area contributed by atoms with Crippen molar-refractivity contribution < 1.29 is 13.6 Å². The topological polar surface area (TPSA) is 76.5 Å². The molecule has 1 aliphatic heterocycles. The maximum atomic E-state index is 15.3. The van der Waals surface area contributed by atoms with Gasteiger partial charge in [-0.2, -0.15) is 10.1 Å². The molecule has 3 aromatic heterocycles. The summed E-state index contributed by atoms with van der Waals surface area (Å²) in [6, 6.07) is 8.98. The van der Waals surface area contributed by atoms with Gasteiger partial charge >= 0.3 is 0 Å². The van der Waals surface area contributed by atoms with Crippen LogP contribution in [-0.4, -0.2) is 49.1 Å². The van der Waals surface area contributed by atoms with Crippen LogP contribution >= 0.6 is 0 Å². The zero-order valence-electron chi connectivity index (χ0n) is 16.2. The van der Waals surface area contributed by atoms with Crippen molar-refractivity contribution in [2.24, 2.45) is 0 Å². The first-order valence-corrected chi connectivity index (χ1v) is 9.52. The molecule has 1 amide bonds. The molecule has 0 N–H and O–H groups in total. The number of carbonyl (C=O) groups is 1. The fraction of sp³-hybridized carbons (Fsp3) is 0.333. The van der Waals surface area contributed by atoms with E-state index in [-0.39, 0.29) is 18.4 Å². The molecule has 1 aliphatic rings. The van der Waals surface area contributed by atoms with Crippen LogP contribution in [0.25, 0.3) is 16.7 Å². The quantitative estimate of drug-likeness (QED) is 0.521. The van der Waals surface area contributed by atoms with Gasteiger partial charge in [-0.1, -0.05) is 0 Å². The highest BCUT2D eigenvalue weighted by molar-refractivity contribution is 5.97. The van der Waals surface area contributed by atoms with Crippen LogP contribution in [0.15, 0.2) is 47.3 Å². The van der Waals surface area contributed by atoms with Gasteiger partial charge in [0.2, 0.25) is 0 Å². The Balaban J connectivity index is 1.51. The summed E-state index contributed by atoms with van der Waals surface area (Å²) in [6.07, 6.45) is 3.32. The van der Waals surface area contributed by atoms with Gasteiger partial charge in [0.15, 0.2) is 0 Å². The Morgan fingerprint density at radius 1 is 1.31 bits per heavy atom. The van der Waals surface area contributed by atoms with Crippen molar-refractivity contribution in [1.82, 2.24) is 24.5 Å². The summed E-state index contributed by atoms with van der Waals surface area (Å²) in [5, 5.41) is 5.09. The Morgan fingerprint density at radius 2 is 2.17 bits per heavy atom. The molecule has 1 unspecified atom stereocenters. The lowest BCUT2D eigenvalue weighted by Gasteiger charge is -2.40. The minimum Gasteiger partial charge on any atom is -0.464 e. The van der Waals surface area contributed by atoms with Crippen LogP contribution in [0.2, 0.25) is 0 Å². The molecule has 5 rings (SSSR count). The normalized spacial score (nSPS) is 22.4. The van der Waals surface area contributed by atoms with E-state index in [4.69, 9.17) is 4.42 Å². The summed E-state index contributed by atoms with van der Waals surface area (Å²) in [6.45, 7) is 3.88. The first kappa shape index (κ1) is 17.8. The van der Waals surface area contributed by atoms with Crippen molar-refractivity contribution in [1.29, 1.82) is 0 Å². The molecule has 8 heteroatoms. The summed E-state index contributed by atoms with van der Waals surface area (Å²) < 4.78 is 22.3. The number of nitrogens with zero attached hydrogens (tertiary/aromatic N) is 5. The number of benzene rings is 1. The maximum absolute atomic E-state index is 15.3. The summed E-state index contributed by atoms with van der Waals surface area (Å²) in [5.41, 5.74) is 1.33. The minimum absolute atomic E-state index is 0.0519. The molecular formula is C21H20FN5O2. The summed E-state index contributed by atoms with van der Waals surface area (Å²) >= 11 is 0. The summed E-state index contributed by atoms with van der Waals surface area (Å²) in [7, 11) is 0. The molecule has 1 aromatic carbocycles. The molecule has 1 fully saturated rings. The average Bonchev–Trinajstić information content (AvgIpc) is 3.33. The Morgan fingerprint density at radius 3 is 3.03 bits per heavy atom. The summed E-state index contributed by atoms with van der Waals surface area (Å²) in [4.78, 5) is 23.3. The first-order valence-electron chi connectivity index (χ1n) is 9.52. The number of fused-ring (bicyclic) bond motifs is 2. The monoisotopic (exact) mass is 393 g/mol. The predicted molar refractivity (Wildman–Crippen MR) is 105 cm³/mol. The average molecular weight is 393 g/mol. The van der Waals surface area contributed by atoms with Crippen molar-refractivity contribution in [3.8, 4) is 0 Å². The number of likely N-dealkylation sites (tertiary alicyclic amines) is 1. The largest absolute Gasteiger partial charge is 0.464 e. The van der Waals surface area contributed by atoms with E-state index in [1.165, 1.54) is 6.33 Å². The molecule has 1 saturated heterocycles. The Kier molecular flexibility index (Phi) is 3.90. The second kappa shape index (κ2) is 6.37. The molecular weight excluding hydrogens is 373 g/mol. The van der Waals surface area contributed by atoms with E-state index in [9.17, 15) is 4.79 Å². The van der Waals surface area contributed by atoms with Crippen molar-refractivity contribution in [3.63, 3.8) is 0 Å². The van der Waals surface area contributed by atoms with Gasteiger partial charge in [-0.15, -0.1) is 0 Å². The van der Waals surface area contributed by atoms with Gasteiger partial charge in [-0.05, 0) is 50.6 Å². The molecule has 0 aliphatic carbocycles. The third kappa shape index (κ3) is 3.14. The predicted octanol–water partition coefficient (Wildman–Crippen LogP) is 3.54. The van der Waals surface area contributed by atoms with Crippen LogP contribution in [0.5, 0.6) is 0 Å². The number of halogens is 1. The number of aryl methyl sites for hydroxylation is 1. The third-order valence-corrected chi connectivity index (χ3v) is 5.45. The maximum Gasteiger partial charge on any atom is 0.254 e. The van der Waals surface area contributed by atoms with Gasteiger partial charge in [0.05, 0.1) is 18.5 Å². The number of aromatic nitrogens is 4. The number of alkyl halides is 1. The van der Waals surface area contributed by atoms with Crippen LogP contribution in [0.3, 0.4) is 0 Å². The van der Waals surface area contributed by atoms with Crippen LogP contribution in [0.4, 0.5) is 4.39 Å². The molecule has 4 aromatic rings. The highest BCUT2D eigenvalue weighted by Crippen LogP contribution is 2.36. The zero-order valence-corrected chi connectivity index (χ0v) is 16.2. The molecule has 4 heterocycles. The zero-order chi connectivity index (χ0) is 20.2. The van der Waals surface area contributed by atoms with E-state index in [0.29, 0.717) is 29.9 Å². The number of carbonyl (C=O) groups excluding carboxylic acids is 1. The lowest BCUT2D eigenvalue weighted by atomic mass is 9.85. The molecule has 7 nitrogen and oxygen atoms in total. The fourth-order valence-corrected chi connectivity index (χ4v) is 4.26. The van der Waals surface area contributed by atoms with E-state index in [1.807, 2.05) is 19.1 Å². The van der Waals surface area contributed by atoms with Crippen LogP contribution in [-0.2, 0) is 0 Å². The second-order valence-electron chi connectivity index (χ2n) is 7.97. The number of piperidine rings is 1. The molecule has 2 atom stereocenters. The molecule has 0 bridgehead atoms. The molecule has 29 heavy (non-hydrogen) atoms. The highest BCUT2D eigenvalue weighted by atomic mass is 19.1.